The van der Waals surface area contributed by atoms with E-state index in [0.29, 0.717) is 35.5 Å². The maximum atomic E-state index is 13.4. The number of imide groups is 1. The van der Waals surface area contributed by atoms with Crippen molar-refractivity contribution in [2.75, 3.05) is 18.0 Å². The second-order valence-corrected chi connectivity index (χ2v) is 9.97. The largest absolute Gasteiger partial charge is 0.480 e. The Bertz CT molecular complexity index is 1280. The molecule has 4 rings (SSSR count). The number of carbonyl (C=O) groups excluding carboxylic acids is 4. The number of anilines is 1. The molecule has 0 aliphatic carbocycles. The lowest BCUT2D eigenvalue weighted by atomic mass is 9.79. The summed E-state index contributed by atoms with van der Waals surface area (Å²) in [6, 6.07) is 10.3. The van der Waals surface area contributed by atoms with Crippen LogP contribution in [-0.4, -0.2) is 58.7 Å². The fourth-order valence-corrected chi connectivity index (χ4v) is 5.40. The van der Waals surface area contributed by atoms with Gasteiger partial charge in [-0.25, -0.2) is 9.69 Å². The molecule has 0 bridgehead atoms. The van der Waals surface area contributed by atoms with Gasteiger partial charge in [0.2, 0.25) is 11.8 Å². The Labute approximate surface area is 221 Å². The number of amides is 4. The summed E-state index contributed by atoms with van der Waals surface area (Å²) in [6.45, 7) is 6.53. The van der Waals surface area contributed by atoms with E-state index in [0.717, 1.165) is 23.3 Å². The minimum Gasteiger partial charge on any atom is -0.480 e. The van der Waals surface area contributed by atoms with E-state index in [1.165, 1.54) is 0 Å². The van der Waals surface area contributed by atoms with Gasteiger partial charge in [0.25, 0.3) is 11.8 Å². The molecule has 4 amide bonds. The summed E-state index contributed by atoms with van der Waals surface area (Å²) in [5, 5.41) is 12.5. The maximum absolute atomic E-state index is 13.4. The Kier molecular flexibility index (Phi) is 7.66. The zero-order valence-corrected chi connectivity index (χ0v) is 22.0. The number of benzene rings is 2. The van der Waals surface area contributed by atoms with Gasteiger partial charge >= 0.3 is 5.97 Å². The molecule has 2 aliphatic heterocycles. The van der Waals surface area contributed by atoms with E-state index in [9.17, 15) is 29.1 Å². The van der Waals surface area contributed by atoms with Crippen LogP contribution in [0.5, 0.6) is 0 Å². The molecule has 0 radical (unpaired) electrons. The van der Waals surface area contributed by atoms with E-state index in [1.807, 2.05) is 0 Å². The number of carboxylic acid groups (broad SMARTS) is 1. The van der Waals surface area contributed by atoms with Crippen LogP contribution in [0.2, 0.25) is 0 Å². The van der Waals surface area contributed by atoms with Gasteiger partial charge in [-0.2, -0.15) is 0 Å². The van der Waals surface area contributed by atoms with E-state index in [4.69, 9.17) is 0 Å². The minimum atomic E-state index is -1.31. The molecular formula is C29H33N3O6. The number of hydrogen-bond donors (Lipinski definition) is 2. The molecule has 0 saturated carbocycles. The summed E-state index contributed by atoms with van der Waals surface area (Å²) in [5.74, 6) is -2.85. The van der Waals surface area contributed by atoms with Gasteiger partial charge in [-0.05, 0) is 61.9 Å². The first-order valence-electron chi connectivity index (χ1n) is 13.0. The smallest absolute Gasteiger partial charge is 0.326 e. The Morgan fingerprint density at radius 1 is 0.974 bits per heavy atom. The lowest BCUT2D eigenvalue weighted by Crippen LogP contribution is -2.55. The first kappa shape index (κ1) is 27.0. The van der Waals surface area contributed by atoms with E-state index in [2.05, 4.69) is 5.32 Å². The number of rotatable bonds is 9. The molecule has 2 aromatic carbocycles. The zero-order chi connectivity index (χ0) is 27.6. The van der Waals surface area contributed by atoms with Crippen LogP contribution < -0.4 is 10.2 Å². The summed E-state index contributed by atoms with van der Waals surface area (Å²) in [6.07, 6.45) is 2.30. The minimum absolute atomic E-state index is 0.0238. The topological polar surface area (TPSA) is 124 Å². The monoisotopic (exact) mass is 519 g/mol. The lowest BCUT2D eigenvalue weighted by Gasteiger charge is -2.34. The molecule has 2 N–H and O–H groups in total. The number of nitrogens with zero attached hydrogens (tertiary/aromatic N) is 2. The molecule has 2 aliphatic rings. The summed E-state index contributed by atoms with van der Waals surface area (Å²) in [5.41, 5.74) is 1.12. The number of carbonyl (C=O) groups is 5. The quantitative estimate of drug-likeness (QED) is 0.387. The number of aryl methyl sites for hydroxylation is 1. The summed E-state index contributed by atoms with van der Waals surface area (Å²) in [7, 11) is 0. The summed E-state index contributed by atoms with van der Waals surface area (Å²) < 4.78 is 0. The Balaban J connectivity index is 1.50. The third-order valence-electron chi connectivity index (χ3n) is 7.81. The molecule has 1 unspecified atom stereocenters. The average Bonchev–Trinajstić information content (AvgIpc) is 3.53. The number of aliphatic carboxylic acids is 1. The number of fused-ring (bicyclic) bond motifs is 1. The predicted molar refractivity (Wildman–Crippen MR) is 141 cm³/mol. The van der Waals surface area contributed by atoms with Crippen LogP contribution in [0.25, 0.3) is 0 Å². The van der Waals surface area contributed by atoms with Crippen molar-refractivity contribution in [2.24, 2.45) is 5.41 Å². The molecule has 2 aromatic rings. The van der Waals surface area contributed by atoms with Gasteiger partial charge in [-0.3, -0.25) is 19.2 Å². The number of carboxylic acids is 1. The van der Waals surface area contributed by atoms with Crippen molar-refractivity contribution in [1.29, 1.82) is 0 Å². The molecule has 1 saturated heterocycles. The molecular weight excluding hydrogens is 486 g/mol. The Morgan fingerprint density at radius 3 is 2.16 bits per heavy atom. The van der Waals surface area contributed by atoms with Crippen LogP contribution in [0.3, 0.4) is 0 Å². The van der Waals surface area contributed by atoms with Crippen LogP contribution >= 0.6 is 0 Å². The van der Waals surface area contributed by atoms with Crippen LogP contribution in [0.1, 0.15) is 71.4 Å². The molecule has 1 atom stereocenters. The van der Waals surface area contributed by atoms with Gasteiger partial charge in [-0.1, -0.05) is 38.1 Å². The first-order chi connectivity index (χ1) is 18.1. The van der Waals surface area contributed by atoms with Crippen LogP contribution in [-0.2, 0) is 20.8 Å². The highest BCUT2D eigenvalue weighted by molar-refractivity contribution is 6.34. The van der Waals surface area contributed by atoms with Crippen molar-refractivity contribution in [3.8, 4) is 0 Å². The summed E-state index contributed by atoms with van der Waals surface area (Å²) in [4.78, 5) is 67.3. The molecule has 2 heterocycles. The second-order valence-electron chi connectivity index (χ2n) is 9.97. The van der Waals surface area contributed by atoms with Gasteiger partial charge < -0.3 is 15.3 Å². The molecule has 38 heavy (non-hydrogen) atoms. The highest BCUT2D eigenvalue weighted by Gasteiger charge is 2.46. The maximum Gasteiger partial charge on any atom is 0.326 e. The van der Waals surface area contributed by atoms with Crippen LogP contribution in [0, 0.1) is 12.3 Å². The van der Waals surface area contributed by atoms with Gasteiger partial charge in [0.1, 0.15) is 11.5 Å². The van der Waals surface area contributed by atoms with E-state index >= 15 is 0 Å². The second kappa shape index (κ2) is 10.8. The lowest BCUT2D eigenvalue weighted by molar-refractivity contribution is -0.153. The van der Waals surface area contributed by atoms with Crippen molar-refractivity contribution >= 4 is 35.3 Å². The number of likely N-dealkylation sites (tertiary alicyclic amines) is 1. The fourth-order valence-electron chi connectivity index (χ4n) is 5.40. The van der Waals surface area contributed by atoms with Gasteiger partial charge in [0.05, 0.1) is 16.8 Å². The van der Waals surface area contributed by atoms with E-state index in [1.54, 1.807) is 68.1 Å². The highest BCUT2D eigenvalue weighted by atomic mass is 16.4. The highest BCUT2D eigenvalue weighted by Crippen LogP contribution is 2.32. The zero-order valence-electron chi connectivity index (χ0n) is 22.0. The van der Waals surface area contributed by atoms with Crippen molar-refractivity contribution in [3.63, 3.8) is 0 Å². The predicted octanol–water partition coefficient (Wildman–Crippen LogP) is 3.34. The standard InChI is InChI=1S/C29H33N3O6/c1-4-29(5-2,28(38)31-15-6-7-16-31)27(37)30-22(26(35)36)17-19-11-13-20(14-12-19)32-24(33)21-10-8-9-18(3)23(21)25(32)34/h8-14,22H,4-7,15-17H2,1-3H3,(H,30,37)(H,35,36). The molecule has 9 nitrogen and oxygen atoms in total. The van der Waals surface area contributed by atoms with Gasteiger partial charge in [-0.15, -0.1) is 0 Å². The van der Waals surface area contributed by atoms with Crippen molar-refractivity contribution in [3.05, 3.63) is 64.7 Å². The number of nitrogens with one attached hydrogen (secondary N) is 1. The van der Waals surface area contributed by atoms with Crippen molar-refractivity contribution in [2.45, 2.75) is 58.9 Å². The van der Waals surface area contributed by atoms with Gasteiger partial charge in [0, 0.05) is 19.5 Å². The van der Waals surface area contributed by atoms with Crippen molar-refractivity contribution in [1.82, 2.24) is 10.2 Å². The van der Waals surface area contributed by atoms with Crippen molar-refractivity contribution < 1.29 is 29.1 Å². The van der Waals surface area contributed by atoms with E-state index < -0.39 is 35.1 Å². The molecule has 200 valence electrons. The Hall–Kier alpha value is -4.01. The Morgan fingerprint density at radius 2 is 1.61 bits per heavy atom. The van der Waals surface area contributed by atoms with Crippen LogP contribution in [0.15, 0.2) is 42.5 Å². The molecule has 1 fully saturated rings. The average molecular weight is 520 g/mol. The third-order valence-corrected chi connectivity index (χ3v) is 7.81. The van der Waals surface area contributed by atoms with Crippen LogP contribution in [0.4, 0.5) is 5.69 Å². The third kappa shape index (κ3) is 4.68. The van der Waals surface area contributed by atoms with E-state index in [-0.39, 0.29) is 25.2 Å². The fraction of sp³-hybridized carbons (Fsp3) is 0.414. The first-order valence-corrected chi connectivity index (χ1v) is 13.0. The molecule has 0 aromatic heterocycles. The SMILES string of the molecule is CCC(CC)(C(=O)NC(Cc1ccc(N2C(=O)c3cccc(C)c3C2=O)cc1)C(=O)O)C(=O)N1CCCC1. The molecule has 9 heteroatoms. The normalized spacial score (nSPS) is 16.0. The number of hydrogen-bond acceptors (Lipinski definition) is 5. The van der Waals surface area contributed by atoms with Gasteiger partial charge in [0.15, 0.2) is 0 Å². The molecule has 0 spiro atoms. The summed E-state index contributed by atoms with van der Waals surface area (Å²) >= 11 is 0.